The maximum atomic E-state index is 11.8. The van der Waals surface area contributed by atoms with Gasteiger partial charge in [0.1, 0.15) is 0 Å². The number of ketones is 1. The highest BCUT2D eigenvalue weighted by Gasteiger charge is 2.06. The van der Waals surface area contributed by atoms with Gasteiger partial charge in [0.25, 0.3) is 0 Å². The van der Waals surface area contributed by atoms with Crippen LogP contribution in [0.3, 0.4) is 0 Å². The molecule has 1 N–H and O–H groups in total. The van der Waals surface area contributed by atoms with Crippen LogP contribution in [-0.2, 0) is 4.79 Å². The van der Waals surface area contributed by atoms with Gasteiger partial charge in [-0.25, -0.2) is 0 Å². The predicted octanol–water partition coefficient (Wildman–Crippen LogP) is 2.86. The van der Waals surface area contributed by atoms with Crippen LogP contribution in [0.5, 0.6) is 0 Å². The SMILES string of the molecule is CC(=O)Nc1ccc(C(=O)CSCCCC#N)cc1. The lowest BCUT2D eigenvalue weighted by Crippen LogP contribution is -2.07. The summed E-state index contributed by atoms with van der Waals surface area (Å²) >= 11 is 1.54. The van der Waals surface area contributed by atoms with Gasteiger partial charge in [-0.3, -0.25) is 9.59 Å². The number of thioether (sulfide) groups is 1. The van der Waals surface area contributed by atoms with Crippen molar-refractivity contribution in [3.8, 4) is 6.07 Å². The number of rotatable bonds is 7. The number of benzene rings is 1. The number of anilines is 1. The third-order valence-electron chi connectivity index (χ3n) is 2.34. The van der Waals surface area contributed by atoms with Crippen LogP contribution in [0, 0.1) is 11.3 Å². The van der Waals surface area contributed by atoms with E-state index >= 15 is 0 Å². The smallest absolute Gasteiger partial charge is 0.221 e. The van der Waals surface area contributed by atoms with Gasteiger partial charge in [0.15, 0.2) is 5.78 Å². The highest BCUT2D eigenvalue weighted by Crippen LogP contribution is 2.13. The average Bonchev–Trinajstić information content (AvgIpc) is 2.38. The second kappa shape index (κ2) is 8.33. The summed E-state index contributed by atoms with van der Waals surface area (Å²) in [7, 11) is 0. The van der Waals surface area contributed by atoms with E-state index in [1.807, 2.05) is 0 Å². The van der Waals surface area contributed by atoms with Crippen LogP contribution in [0.4, 0.5) is 5.69 Å². The summed E-state index contributed by atoms with van der Waals surface area (Å²) in [6, 6.07) is 8.93. The summed E-state index contributed by atoms with van der Waals surface area (Å²) in [5, 5.41) is 11.0. The third-order valence-corrected chi connectivity index (χ3v) is 3.38. The molecule has 1 aromatic rings. The number of nitrogens with zero attached hydrogens (tertiary/aromatic N) is 1. The Labute approximate surface area is 117 Å². The number of amides is 1. The first kappa shape index (κ1) is 15.3. The molecule has 1 aromatic carbocycles. The van der Waals surface area contributed by atoms with Crippen LogP contribution in [0.2, 0.25) is 0 Å². The first-order chi connectivity index (χ1) is 9.13. The molecule has 1 rings (SSSR count). The number of nitriles is 1. The monoisotopic (exact) mass is 276 g/mol. The molecular formula is C14H16N2O2S. The van der Waals surface area contributed by atoms with Crippen molar-refractivity contribution in [3.63, 3.8) is 0 Å². The van der Waals surface area contributed by atoms with E-state index in [-0.39, 0.29) is 11.7 Å². The maximum Gasteiger partial charge on any atom is 0.221 e. The molecule has 0 heterocycles. The molecule has 0 aliphatic heterocycles. The van der Waals surface area contributed by atoms with E-state index in [9.17, 15) is 9.59 Å². The number of nitrogens with one attached hydrogen (secondary N) is 1. The lowest BCUT2D eigenvalue weighted by molar-refractivity contribution is -0.114. The van der Waals surface area contributed by atoms with Crippen LogP contribution in [-0.4, -0.2) is 23.2 Å². The molecule has 0 atom stereocenters. The van der Waals surface area contributed by atoms with Crippen LogP contribution in [0.15, 0.2) is 24.3 Å². The second-order valence-electron chi connectivity index (χ2n) is 4.00. The molecule has 1 amide bonds. The van der Waals surface area contributed by atoms with Crippen LogP contribution in [0.1, 0.15) is 30.1 Å². The lowest BCUT2D eigenvalue weighted by Gasteiger charge is -2.04. The number of hydrogen-bond acceptors (Lipinski definition) is 4. The van der Waals surface area contributed by atoms with Crippen LogP contribution >= 0.6 is 11.8 Å². The minimum Gasteiger partial charge on any atom is -0.326 e. The quantitative estimate of drug-likeness (QED) is 0.614. The van der Waals surface area contributed by atoms with Gasteiger partial charge in [-0.1, -0.05) is 0 Å². The fourth-order valence-corrected chi connectivity index (χ4v) is 2.29. The van der Waals surface area contributed by atoms with Gasteiger partial charge < -0.3 is 5.32 Å². The third kappa shape index (κ3) is 6.07. The van der Waals surface area contributed by atoms with Crippen molar-refractivity contribution in [2.75, 3.05) is 16.8 Å². The Kier molecular flexibility index (Phi) is 6.69. The molecule has 0 aromatic heterocycles. The Hall–Kier alpha value is -1.80. The van der Waals surface area contributed by atoms with Gasteiger partial charge in [-0.05, 0) is 36.4 Å². The van der Waals surface area contributed by atoms with Gasteiger partial charge in [0.2, 0.25) is 5.91 Å². The summed E-state index contributed by atoms with van der Waals surface area (Å²) in [5.41, 5.74) is 1.33. The minimum atomic E-state index is -0.132. The summed E-state index contributed by atoms with van der Waals surface area (Å²) in [5.74, 6) is 1.18. The highest BCUT2D eigenvalue weighted by atomic mass is 32.2. The van der Waals surface area contributed by atoms with Crippen molar-refractivity contribution < 1.29 is 9.59 Å². The number of unbranched alkanes of at least 4 members (excludes halogenated alkanes) is 1. The fourth-order valence-electron chi connectivity index (χ4n) is 1.44. The zero-order chi connectivity index (χ0) is 14.1. The van der Waals surface area contributed by atoms with Gasteiger partial charge in [-0.2, -0.15) is 17.0 Å². The maximum absolute atomic E-state index is 11.8. The van der Waals surface area contributed by atoms with E-state index in [0.717, 1.165) is 12.2 Å². The Morgan fingerprint density at radius 1 is 1.32 bits per heavy atom. The molecule has 0 fully saturated rings. The lowest BCUT2D eigenvalue weighted by atomic mass is 10.1. The topological polar surface area (TPSA) is 70.0 Å². The fraction of sp³-hybridized carbons (Fsp3) is 0.357. The first-order valence-electron chi connectivity index (χ1n) is 5.99. The summed E-state index contributed by atoms with van der Waals surface area (Å²) in [4.78, 5) is 22.7. The molecule has 0 bridgehead atoms. The van der Waals surface area contributed by atoms with Crippen molar-refractivity contribution in [1.29, 1.82) is 5.26 Å². The van der Waals surface area contributed by atoms with Gasteiger partial charge in [0, 0.05) is 24.6 Å². The van der Waals surface area contributed by atoms with Crippen LogP contribution < -0.4 is 5.32 Å². The molecule has 0 unspecified atom stereocenters. The molecule has 0 aliphatic carbocycles. The highest BCUT2D eigenvalue weighted by molar-refractivity contribution is 7.99. The van der Waals surface area contributed by atoms with Crippen molar-refractivity contribution in [1.82, 2.24) is 0 Å². The van der Waals surface area contributed by atoms with Crippen molar-refractivity contribution >= 4 is 29.1 Å². The Morgan fingerprint density at radius 2 is 2.00 bits per heavy atom. The second-order valence-corrected chi connectivity index (χ2v) is 5.10. The van der Waals surface area contributed by atoms with Crippen molar-refractivity contribution in [2.24, 2.45) is 0 Å². The normalized spacial score (nSPS) is 9.68. The molecule has 100 valence electrons. The standard InChI is InChI=1S/C14H16N2O2S/c1-11(17)16-13-6-4-12(5-7-13)14(18)10-19-9-3-2-8-15/h4-7H,2-3,9-10H2,1H3,(H,16,17). The first-order valence-corrected chi connectivity index (χ1v) is 7.14. The van der Waals surface area contributed by atoms with Gasteiger partial charge in [-0.15, -0.1) is 0 Å². The summed E-state index contributed by atoms with van der Waals surface area (Å²) in [6.07, 6.45) is 1.35. The minimum absolute atomic E-state index is 0.0660. The molecule has 0 saturated heterocycles. The Morgan fingerprint density at radius 3 is 2.58 bits per heavy atom. The van der Waals surface area contributed by atoms with E-state index in [4.69, 9.17) is 5.26 Å². The molecule has 0 saturated carbocycles. The van der Waals surface area contributed by atoms with Crippen LogP contribution in [0.25, 0.3) is 0 Å². The molecule has 0 spiro atoms. The van der Waals surface area contributed by atoms with Gasteiger partial charge in [0.05, 0.1) is 11.8 Å². The average molecular weight is 276 g/mol. The van der Waals surface area contributed by atoms with Crippen molar-refractivity contribution in [2.45, 2.75) is 19.8 Å². The molecule has 0 aliphatic rings. The molecule has 5 heteroatoms. The molecule has 19 heavy (non-hydrogen) atoms. The largest absolute Gasteiger partial charge is 0.326 e. The zero-order valence-electron chi connectivity index (χ0n) is 10.8. The molecule has 4 nitrogen and oxygen atoms in total. The summed E-state index contributed by atoms with van der Waals surface area (Å²) < 4.78 is 0. The number of carbonyl (C=O) groups is 2. The van der Waals surface area contributed by atoms with E-state index in [1.165, 1.54) is 6.92 Å². The predicted molar refractivity (Wildman–Crippen MR) is 77.2 cm³/mol. The zero-order valence-corrected chi connectivity index (χ0v) is 11.6. The summed E-state index contributed by atoms with van der Waals surface area (Å²) in [6.45, 7) is 1.44. The van der Waals surface area contributed by atoms with E-state index in [2.05, 4.69) is 11.4 Å². The number of Topliss-reactive ketones (excluding diaryl/α,β-unsaturated/α-hetero) is 1. The molecule has 0 radical (unpaired) electrons. The van der Waals surface area contributed by atoms with Gasteiger partial charge >= 0.3 is 0 Å². The Balaban J connectivity index is 2.40. The van der Waals surface area contributed by atoms with E-state index < -0.39 is 0 Å². The van der Waals surface area contributed by atoms with E-state index in [1.54, 1.807) is 36.0 Å². The molecular weight excluding hydrogens is 260 g/mol. The number of carbonyl (C=O) groups excluding carboxylic acids is 2. The van der Waals surface area contributed by atoms with E-state index in [0.29, 0.717) is 23.4 Å². The number of hydrogen-bond donors (Lipinski definition) is 1. The van der Waals surface area contributed by atoms with Crippen molar-refractivity contribution in [3.05, 3.63) is 29.8 Å². The Bertz CT molecular complexity index is 477.